The maximum Gasteiger partial charge on any atom is 0.293 e. The maximum atomic E-state index is 6.07. The van der Waals surface area contributed by atoms with Crippen molar-refractivity contribution in [2.75, 3.05) is 13.2 Å². The van der Waals surface area contributed by atoms with E-state index in [0.717, 1.165) is 0 Å². The highest BCUT2D eigenvalue weighted by Crippen LogP contribution is 2.25. The summed E-state index contributed by atoms with van der Waals surface area (Å²) in [6, 6.07) is 3.48. The van der Waals surface area contributed by atoms with Crippen LogP contribution in [0.25, 0.3) is 11.7 Å². The van der Waals surface area contributed by atoms with Gasteiger partial charge in [-0.25, -0.2) is 0 Å². The molecule has 2 rings (SSSR count). The van der Waals surface area contributed by atoms with E-state index in [1.54, 1.807) is 19.1 Å². The Morgan fingerprint density at radius 2 is 2.28 bits per heavy atom. The fourth-order valence-electron chi connectivity index (χ4n) is 1.36. The molecule has 0 spiro atoms. The van der Waals surface area contributed by atoms with Crippen LogP contribution in [0.4, 0.5) is 0 Å². The Bertz CT molecular complexity index is 521. The molecule has 2 heterocycles. The second kappa shape index (κ2) is 5.21. The maximum absolute atomic E-state index is 6.07. The summed E-state index contributed by atoms with van der Waals surface area (Å²) in [6.07, 6.45) is 0. The first-order valence-corrected chi connectivity index (χ1v) is 6.29. The summed E-state index contributed by atoms with van der Waals surface area (Å²) in [5.74, 6) is 1.18. The molecule has 2 aromatic heterocycles. The second-order valence-corrected chi connectivity index (χ2v) is 4.86. The number of hydrogen-bond acceptors (Lipinski definition) is 6. The van der Waals surface area contributed by atoms with Crippen molar-refractivity contribution in [2.24, 2.45) is 5.73 Å². The van der Waals surface area contributed by atoms with Crippen molar-refractivity contribution in [1.29, 1.82) is 0 Å². The lowest BCUT2D eigenvalue weighted by molar-refractivity contribution is 0.0962. The van der Waals surface area contributed by atoms with Crippen LogP contribution in [-0.4, -0.2) is 23.4 Å². The number of furan rings is 1. The molecule has 0 saturated carbocycles. The van der Waals surface area contributed by atoms with E-state index < -0.39 is 5.54 Å². The molecule has 0 aliphatic carbocycles. The van der Waals surface area contributed by atoms with Gasteiger partial charge in [0.25, 0.3) is 5.89 Å². The molecule has 0 aromatic carbocycles. The van der Waals surface area contributed by atoms with Crippen LogP contribution < -0.4 is 5.73 Å². The molecular weight excluding hydrogens is 302 g/mol. The Hall–Kier alpha value is -1.18. The predicted octanol–water partition coefficient (Wildman–Crippen LogP) is 2.30. The summed E-state index contributed by atoms with van der Waals surface area (Å²) in [7, 11) is 0. The molecule has 7 heteroatoms. The summed E-state index contributed by atoms with van der Waals surface area (Å²) < 4.78 is 16.3. The number of aromatic nitrogens is 2. The van der Waals surface area contributed by atoms with Gasteiger partial charge >= 0.3 is 0 Å². The Morgan fingerprint density at radius 1 is 1.50 bits per heavy atom. The van der Waals surface area contributed by atoms with Crippen LogP contribution in [0.2, 0.25) is 0 Å². The third-order valence-electron chi connectivity index (χ3n) is 2.33. The van der Waals surface area contributed by atoms with Crippen LogP contribution in [0.3, 0.4) is 0 Å². The Morgan fingerprint density at radius 3 is 2.89 bits per heavy atom. The lowest BCUT2D eigenvalue weighted by atomic mass is 10.1. The van der Waals surface area contributed by atoms with E-state index in [-0.39, 0.29) is 0 Å². The Kier molecular flexibility index (Phi) is 3.84. The molecule has 2 aromatic rings. The second-order valence-electron chi connectivity index (χ2n) is 4.08. The molecule has 98 valence electrons. The molecule has 1 atom stereocenters. The van der Waals surface area contributed by atoms with E-state index in [9.17, 15) is 0 Å². The van der Waals surface area contributed by atoms with Crippen molar-refractivity contribution < 1.29 is 13.7 Å². The van der Waals surface area contributed by atoms with Gasteiger partial charge < -0.3 is 19.4 Å². The van der Waals surface area contributed by atoms with Gasteiger partial charge in [0.15, 0.2) is 16.3 Å². The first kappa shape index (κ1) is 13.3. The Balaban J connectivity index is 2.19. The van der Waals surface area contributed by atoms with E-state index in [4.69, 9.17) is 19.4 Å². The molecule has 0 bridgehead atoms. The topological polar surface area (TPSA) is 87.3 Å². The van der Waals surface area contributed by atoms with Gasteiger partial charge in [0.05, 0.1) is 6.61 Å². The quantitative estimate of drug-likeness (QED) is 0.911. The van der Waals surface area contributed by atoms with Gasteiger partial charge in [-0.05, 0) is 41.9 Å². The van der Waals surface area contributed by atoms with Crippen LogP contribution in [0.5, 0.6) is 0 Å². The average molecular weight is 316 g/mol. The van der Waals surface area contributed by atoms with Crippen LogP contribution in [0.15, 0.2) is 25.7 Å². The van der Waals surface area contributed by atoms with Crippen molar-refractivity contribution in [1.82, 2.24) is 10.1 Å². The zero-order valence-corrected chi connectivity index (χ0v) is 11.7. The smallest absolute Gasteiger partial charge is 0.293 e. The summed E-state index contributed by atoms with van der Waals surface area (Å²) in [6.45, 7) is 4.60. The van der Waals surface area contributed by atoms with E-state index in [1.165, 1.54) is 0 Å². The molecule has 0 fully saturated rings. The minimum atomic E-state index is -0.790. The number of nitrogens with zero attached hydrogens (tertiary/aromatic N) is 2. The molecule has 0 radical (unpaired) electrons. The summed E-state index contributed by atoms with van der Waals surface area (Å²) in [4.78, 5) is 4.22. The average Bonchev–Trinajstić information content (AvgIpc) is 2.94. The lowest BCUT2D eigenvalue weighted by Gasteiger charge is -2.19. The van der Waals surface area contributed by atoms with E-state index in [1.807, 2.05) is 6.92 Å². The predicted molar refractivity (Wildman–Crippen MR) is 67.7 cm³/mol. The zero-order chi connectivity index (χ0) is 13.2. The van der Waals surface area contributed by atoms with Gasteiger partial charge in [-0.15, -0.1) is 0 Å². The SMILES string of the molecule is CCOCC(C)(N)c1noc(-c2ccc(Br)o2)n1. The normalized spacial score (nSPS) is 14.7. The summed E-state index contributed by atoms with van der Waals surface area (Å²) in [5, 5.41) is 3.86. The van der Waals surface area contributed by atoms with Crippen LogP contribution in [0.1, 0.15) is 19.7 Å². The van der Waals surface area contributed by atoms with Gasteiger partial charge in [-0.2, -0.15) is 4.98 Å². The lowest BCUT2D eigenvalue weighted by Crippen LogP contribution is -2.39. The Labute approximate surface area is 113 Å². The highest BCUT2D eigenvalue weighted by molar-refractivity contribution is 9.10. The first-order valence-electron chi connectivity index (χ1n) is 5.49. The largest absolute Gasteiger partial charge is 0.444 e. The highest BCUT2D eigenvalue weighted by atomic mass is 79.9. The first-order chi connectivity index (χ1) is 8.53. The minimum Gasteiger partial charge on any atom is -0.444 e. The summed E-state index contributed by atoms with van der Waals surface area (Å²) in [5.41, 5.74) is 5.28. The highest BCUT2D eigenvalue weighted by Gasteiger charge is 2.28. The molecule has 0 aliphatic rings. The fourth-order valence-corrected chi connectivity index (χ4v) is 1.67. The molecule has 1 unspecified atom stereocenters. The monoisotopic (exact) mass is 315 g/mol. The number of ether oxygens (including phenoxy) is 1. The van der Waals surface area contributed by atoms with E-state index in [0.29, 0.717) is 35.4 Å². The standard InChI is InChI=1S/C11H14BrN3O3/c1-3-16-6-11(2,13)10-14-9(18-15-10)7-4-5-8(12)17-7/h4-5H,3,6,13H2,1-2H3. The third-order valence-corrected chi connectivity index (χ3v) is 2.75. The zero-order valence-electron chi connectivity index (χ0n) is 10.1. The van der Waals surface area contributed by atoms with Crippen molar-refractivity contribution in [2.45, 2.75) is 19.4 Å². The minimum absolute atomic E-state index is 0.295. The van der Waals surface area contributed by atoms with Gasteiger partial charge in [0.1, 0.15) is 5.54 Å². The summed E-state index contributed by atoms with van der Waals surface area (Å²) >= 11 is 3.21. The molecule has 0 amide bonds. The van der Waals surface area contributed by atoms with E-state index in [2.05, 4.69) is 26.1 Å². The van der Waals surface area contributed by atoms with Crippen LogP contribution in [-0.2, 0) is 10.3 Å². The number of nitrogens with two attached hydrogens (primary N) is 1. The number of rotatable bonds is 5. The molecular formula is C11H14BrN3O3. The van der Waals surface area contributed by atoms with Crippen LogP contribution >= 0.6 is 15.9 Å². The van der Waals surface area contributed by atoms with Crippen LogP contribution in [0, 0.1) is 0 Å². The molecule has 6 nitrogen and oxygen atoms in total. The molecule has 0 aliphatic heterocycles. The molecule has 2 N–H and O–H groups in total. The number of halogens is 1. The van der Waals surface area contributed by atoms with Crippen molar-refractivity contribution >= 4 is 15.9 Å². The van der Waals surface area contributed by atoms with Crippen molar-refractivity contribution in [3.8, 4) is 11.7 Å². The molecule has 0 saturated heterocycles. The van der Waals surface area contributed by atoms with Crippen molar-refractivity contribution in [3.05, 3.63) is 22.6 Å². The number of hydrogen-bond donors (Lipinski definition) is 1. The molecule has 18 heavy (non-hydrogen) atoms. The van der Waals surface area contributed by atoms with Gasteiger partial charge in [0.2, 0.25) is 0 Å². The van der Waals surface area contributed by atoms with Gasteiger partial charge in [-0.3, -0.25) is 0 Å². The van der Waals surface area contributed by atoms with Crippen molar-refractivity contribution in [3.63, 3.8) is 0 Å². The van der Waals surface area contributed by atoms with Gasteiger partial charge in [-0.1, -0.05) is 5.16 Å². The van der Waals surface area contributed by atoms with E-state index >= 15 is 0 Å². The fraction of sp³-hybridized carbons (Fsp3) is 0.455. The van der Waals surface area contributed by atoms with Gasteiger partial charge in [0, 0.05) is 6.61 Å². The third kappa shape index (κ3) is 2.80.